The second kappa shape index (κ2) is 7.07. The summed E-state index contributed by atoms with van der Waals surface area (Å²) in [6, 6.07) is 7.63. The number of ether oxygens (including phenoxy) is 1. The molecule has 17 heavy (non-hydrogen) atoms. The molecule has 3 nitrogen and oxygen atoms in total. The molecule has 0 aliphatic rings. The fraction of sp³-hybridized carbons (Fsp3) is 0.500. The van der Waals surface area contributed by atoms with E-state index in [1.807, 2.05) is 31.2 Å². The van der Waals surface area contributed by atoms with E-state index >= 15 is 0 Å². The van der Waals surface area contributed by atoms with Crippen molar-refractivity contribution in [2.45, 2.75) is 39.2 Å². The van der Waals surface area contributed by atoms with Crippen molar-refractivity contribution in [2.24, 2.45) is 5.73 Å². The molecule has 1 rings (SSSR count). The van der Waals surface area contributed by atoms with Gasteiger partial charge in [0, 0.05) is 6.04 Å². The van der Waals surface area contributed by atoms with Crippen molar-refractivity contribution in [2.75, 3.05) is 6.61 Å². The van der Waals surface area contributed by atoms with E-state index in [4.69, 9.17) is 10.5 Å². The molecule has 0 heterocycles. The number of rotatable bonds is 6. The van der Waals surface area contributed by atoms with Crippen LogP contribution in [0.5, 0.6) is 0 Å². The van der Waals surface area contributed by atoms with E-state index in [0.717, 1.165) is 24.0 Å². The van der Waals surface area contributed by atoms with Crippen LogP contribution < -0.4 is 5.73 Å². The van der Waals surface area contributed by atoms with Crippen molar-refractivity contribution in [1.29, 1.82) is 0 Å². The smallest absolute Gasteiger partial charge is 0.307 e. The molecular formula is C14H21NO2. The van der Waals surface area contributed by atoms with E-state index in [1.54, 1.807) is 0 Å². The van der Waals surface area contributed by atoms with Gasteiger partial charge in [-0.3, -0.25) is 4.79 Å². The Bertz CT molecular complexity index is 363. The van der Waals surface area contributed by atoms with Crippen LogP contribution >= 0.6 is 0 Å². The largest absolute Gasteiger partial charge is 0.466 e. The van der Waals surface area contributed by atoms with E-state index in [9.17, 15) is 4.79 Å². The molecule has 0 saturated heterocycles. The fourth-order valence-corrected chi connectivity index (χ4v) is 1.59. The van der Waals surface area contributed by atoms with Gasteiger partial charge >= 0.3 is 5.97 Å². The standard InChI is InChI=1S/C14H21NO2/c1-3-4-8-17-14(16)10-13(15)12-7-5-6-11(2)9-12/h5-7,9,13H,3-4,8,10,15H2,1-2H3. The van der Waals surface area contributed by atoms with Crippen molar-refractivity contribution in [3.05, 3.63) is 35.4 Å². The molecular weight excluding hydrogens is 214 g/mol. The van der Waals surface area contributed by atoms with Crippen molar-refractivity contribution < 1.29 is 9.53 Å². The summed E-state index contributed by atoms with van der Waals surface area (Å²) in [6.07, 6.45) is 2.18. The van der Waals surface area contributed by atoms with Gasteiger partial charge < -0.3 is 10.5 Å². The summed E-state index contributed by atoms with van der Waals surface area (Å²) in [5.41, 5.74) is 8.10. The number of hydrogen-bond acceptors (Lipinski definition) is 3. The average molecular weight is 235 g/mol. The third kappa shape index (κ3) is 5.00. The molecule has 0 aromatic heterocycles. The first-order chi connectivity index (χ1) is 8.13. The molecule has 1 unspecified atom stereocenters. The maximum absolute atomic E-state index is 11.5. The Morgan fingerprint density at radius 2 is 2.24 bits per heavy atom. The minimum atomic E-state index is -0.274. The lowest BCUT2D eigenvalue weighted by Crippen LogP contribution is -2.17. The fourth-order valence-electron chi connectivity index (χ4n) is 1.59. The second-order valence-corrected chi connectivity index (χ2v) is 4.30. The molecule has 0 saturated carbocycles. The Hall–Kier alpha value is -1.35. The molecule has 1 atom stereocenters. The minimum absolute atomic E-state index is 0.215. The average Bonchev–Trinajstić information content (AvgIpc) is 2.29. The molecule has 0 spiro atoms. The number of hydrogen-bond donors (Lipinski definition) is 1. The number of unbranched alkanes of at least 4 members (excludes halogenated alkanes) is 1. The molecule has 94 valence electrons. The van der Waals surface area contributed by atoms with Crippen LogP contribution in [0.1, 0.15) is 43.4 Å². The third-order valence-electron chi connectivity index (χ3n) is 2.62. The summed E-state index contributed by atoms with van der Waals surface area (Å²) in [7, 11) is 0. The Labute approximate surface area is 103 Å². The molecule has 0 aliphatic heterocycles. The van der Waals surface area contributed by atoms with Crippen LogP contribution in [-0.4, -0.2) is 12.6 Å². The van der Waals surface area contributed by atoms with Gasteiger partial charge in [0.05, 0.1) is 13.0 Å². The van der Waals surface area contributed by atoms with E-state index < -0.39 is 0 Å². The molecule has 0 amide bonds. The van der Waals surface area contributed by atoms with Crippen LogP contribution in [0.15, 0.2) is 24.3 Å². The first kappa shape index (κ1) is 13.7. The summed E-state index contributed by atoms with van der Waals surface area (Å²) >= 11 is 0. The van der Waals surface area contributed by atoms with Crippen LogP contribution in [0.25, 0.3) is 0 Å². The van der Waals surface area contributed by atoms with Gasteiger partial charge in [-0.1, -0.05) is 43.2 Å². The van der Waals surface area contributed by atoms with Crippen LogP contribution in [0.2, 0.25) is 0 Å². The highest BCUT2D eigenvalue weighted by atomic mass is 16.5. The van der Waals surface area contributed by atoms with Crippen molar-refractivity contribution in [1.82, 2.24) is 0 Å². The summed E-state index contributed by atoms with van der Waals surface area (Å²) in [5.74, 6) is -0.215. The zero-order valence-electron chi connectivity index (χ0n) is 10.6. The zero-order valence-corrected chi connectivity index (χ0v) is 10.6. The first-order valence-electron chi connectivity index (χ1n) is 6.11. The number of esters is 1. The normalized spacial score (nSPS) is 12.2. The second-order valence-electron chi connectivity index (χ2n) is 4.30. The van der Waals surface area contributed by atoms with Gasteiger partial charge in [0.2, 0.25) is 0 Å². The highest BCUT2D eigenvalue weighted by molar-refractivity contribution is 5.70. The van der Waals surface area contributed by atoms with Crippen molar-refractivity contribution >= 4 is 5.97 Å². The molecule has 0 aliphatic carbocycles. The highest BCUT2D eigenvalue weighted by Crippen LogP contribution is 2.15. The highest BCUT2D eigenvalue weighted by Gasteiger charge is 2.12. The van der Waals surface area contributed by atoms with Crippen LogP contribution in [-0.2, 0) is 9.53 Å². The van der Waals surface area contributed by atoms with Gasteiger partial charge in [0.15, 0.2) is 0 Å². The first-order valence-corrected chi connectivity index (χ1v) is 6.11. The Balaban J connectivity index is 2.43. The van der Waals surface area contributed by atoms with Gasteiger partial charge in [-0.2, -0.15) is 0 Å². The lowest BCUT2D eigenvalue weighted by molar-refractivity contribution is -0.144. The van der Waals surface area contributed by atoms with Crippen LogP contribution in [0.3, 0.4) is 0 Å². The quantitative estimate of drug-likeness (QED) is 0.609. The molecule has 1 aromatic carbocycles. The van der Waals surface area contributed by atoms with Gasteiger partial charge in [0.25, 0.3) is 0 Å². The summed E-state index contributed by atoms with van der Waals surface area (Å²) in [4.78, 5) is 11.5. The molecule has 2 N–H and O–H groups in total. The molecule has 0 bridgehead atoms. The van der Waals surface area contributed by atoms with Gasteiger partial charge in [0.1, 0.15) is 0 Å². The predicted molar refractivity (Wildman–Crippen MR) is 68.6 cm³/mol. The van der Waals surface area contributed by atoms with E-state index in [1.165, 1.54) is 0 Å². The van der Waals surface area contributed by atoms with Crippen molar-refractivity contribution in [3.8, 4) is 0 Å². The van der Waals surface area contributed by atoms with Gasteiger partial charge in [-0.25, -0.2) is 0 Å². The number of nitrogens with two attached hydrogens (primary N) is 1. The van der Waals surface area contributed by atoms with Crippen LogP contribution in [0, 0.1) is 6.92 Å². The Kier molecular flexibility index (Phi) is 5.70. The van der Waals surface area contributed by atoms with E-state index in [2.05, 4.69) is 6.92 Å². The summed E-state index contributed by atoms with van der Waals surface area (Å²) in [5, 5.41) is 0. The number of carbonyl (C=O) groups is 1. The van der Waals surface area contributed by atoms with Gasteiger partial charge in [-0.15, -0.1) is 0 Å². The topological polar surface area (TPSA) is 52.3 Å². The van der Waals surface area contributed by atoms with E-state index in [-0.39, 0.29) is 18.4 Å². The lowest BCUT2D eigenvalue weighted by atomic mass is 10.0. The Morgan fingerprint density at radius 3 is 2.88 bits per heavy atom. The Morgan fingerprint density at radius 1 is 1.47 bits per heavy atom. The number of benzene rings is 1. The number of carbonyl (C=O) groups excluding carboxylic acids is 1. The summed E-state index contributed by atoms with van der Waals surface area (Å²) in [6.45, 7) is 4.57. The zero-order chi connectivity index (χ0) is 12.7. The SMILES string of the molecule is CCCCOC(=O)CC(N)c1cccc(C)c1. The summed E-state index contributed by atoms with van der Waals surface area (Å²) < 4.78 is 5.09. The van der Waals surface area contributed by atoms with Crippen molar-refractivity contribution in [3.63, 3.8) is 0 Å². The molecule has 1 aromatic rings. The molecule has 0 fully saturated rings. The van der Waals surface area contributed by atoms with E-state index in [0.29, 0.717) is 6.61 Å². The molecule has 0 radical (unpaired) electrons. The van der Waals surface area contributed by atoms with Crippen LogP contribution in [0.4, 0.5) is 0 Å². The maximum atomic E-state index is 11.5. The van der Waals surface area contributed by atoms with Gasteiger partial charge in [-0.05, 0) is 18.9 Å². The third-order valence-corrected chi connectivity index (χ3v) is 2.62. The monoisotopic (exact) mass is 235 g/mol. The predicted octanol–water partition coefficient (Wildman–Crippen LogP) is 2.73. The number of aryl methyl sites for hydroxylation is 1. The minimum Gasteiger partial charge on any atom is -0.466 e. The lowest BCUT2D eigenvalue weighted by Gasteiger charge is -2.12. The molecule has 3 heteroatoms. The maximum Gasteiger partial charge on any atom is 0.307 e.